The molecule has 110 valence electrons. The fourth-order valence-corrected chi connectivity index (χ4v) is 3.42. The minimum Gasteiger partial charge on any atom is -0.352 e. The Morgan fingerprint density at radius 3 is 2.68 bits per heavy atom. The van der Waals surface area contributed by atoms with E-state index in [1.807, 2.05) is 0 Å². The zero-order chi connectivity index (χ0) is 13.7. The molecule has 0 bridgehead atoms. The van der Waals surface area contributed by atoms with Gasteiger partial charge >= 0.3 is 0 Å². The molecule has 1 aliphatic carbocycles. The molecular formula is C15H29N3O. The van der Waals surface area contributed by atoms with Crippen LogP contribution in [0, 0.1) is 5.92 Å². The first-order chi connectivity index (χ1) is 9.19. The van der Waals surface area contributed by atoms with Gasteiger partial charge in [-0.15, -0.1) is 0 Å². The van der Waals surface area contributed by atoms with Crippen LogP contribution in [0.15, 0.2) is 0 Å². The van der Waals surface area contributed by atoms with Crippen molar-refractivity contribution in [3.05, 3.63) is 0 Å². The fourth-order valence-electron chi connectivity index (χ4n) is 3.42. The molecule has 0 aromatic carbocycles. The topological polar surface area (TPSA) is 58.4 Å². The third-order valence-corrected chi connectivity index (χ3v) is 4.74. The van der Waals surface area contributed by atoms with Gasteiger partial charge in [-0.05, 0) is 25.2 Å². The van der Waals surface area contributed by atoms with Crippen molar-refractivity contribution in [3.8, 4) is 0 Å². The quantitative estimate of drug-likeness (QED) is 0.811. The zero-order valence-corrected chi connectivity index (χ0v) is 12.2. The van der Waals surface area contributed by atoms with E-state index in [2.05, 4.69) is 17.1 Å². The number of carbonyl (C=O) groups excluding carboxylic acids is 1. The van der Waals surface area contributed by atoms with Crippen molar-refractivity contribution < 1.29 is 4.79 Å². The summed E-state index contributed by atoms with van der Waals surface area (Å²) in [5, 5.41) is 3.20. The molecule has 0 aromatic rings. The fraction of sp³-hybridized carbons (Fsp3) is 0.933. The summed E-state index contributed by atoms with van der Waals surface area (Å²) < 4.78 is 0. The number of amides is 1. The average Bonchev–Trinajstić information content (AvgIpc) is 2.42. The first-order valence-corrected chi connectivity index (χ1v) is 7.96. The first-order valence-electron chi connectivity index (χ1n) is 7.96. The highest BCUT2D eigenvalue weighted by atomic mass is 16.2. The Bertz CT molecular complexity index is 289. The molecule has 0 spiro atoms. The van der Waals surface area contributed by atoms with E-state index in [0.717, 1.165) is 38.8 Å². The minimum atomic E-state index is 0.206. The molecule has 2 rings (SSSR count). The molecule has 1 heterocycles. The molecule has 1 aliphatic heterocycles. The van der Waals surface area contributed by atoms with E-state index in [0.29, 0.717) is 24.5 Å². The van der Waals surface area contributed by atoms with E-state index in [4.69, 9.17) is 5.73 Å². The molecule has 0 radical (unpaired) electrons. The van der Waals surface area contributed by atoms with Gasteiger partial charge in [-0.3, -0.25) is 9.69 Å². The molecular weight excluding hydrogens is 238 g/mol. The maximum Gasteiger partial charge on any atom is 0.234 e. The number of rotatable bonds is 4. The Kier molecular flexibility index (Phi) is 5.64. The van der Waals surface area contributed by atoms with Gasteiger partial charge in [0, 0.05) is 25.2 Å². The highest BCUT2D eigenvalue weighted by Crippen LogP contribution is 2.19. The lowest BCUT2D eigenvalue weighted by Crippen LogP contribution is -2.50. The predicted molar refractivity (Wildman–Crippen MR) is 77.8 cm³/mol. The molecule has 1 saturated heterocycles. The second-order valence-electron chi connectivity index (χ2n) is 6.26. The Labute approximate surface area is 117 Å². The summed E-state index contributed by atoms with van der Waals surface area (Å²) >= 11 is 0. The van der Waals surface area contributed by atoms with Gasteiger partial charge in [-0.25, -0.2) is 0 Å². The normalized spacial score (nSPS) is 30.2. The summed E-state index contributed by atoms with van der Waals surface area (Å²) in [5.41, 5.74) is 6.10. The van der Waals surface area contributed by atoms with Gasteiger partial charge in [0.15, 0.2) is 0 Å². The van der Waals surface area contributed by atoms with Gasteiger partial charge in [0.05, 0.1) is 6.54 Å². The van der Waals surface area contributed by atoms with Crippen LogP contribution in [-0.4, -0.2) is 42.5 Å². The molecule has 3 N–H and O–H groups in total. The number of likely N-dealkylation sites (tertiary alicyclic amines) is 1. The summed E-state index contributed by atoms with van der Waals surface area (Å²) in [5.74, 6) is 0.758. The molecule has 19 heavy (non-hydrogen) atoms. The summed E-state index contributed by atoms with van der Waals surface area (Å²) in [6.07, 6.45) is 8.32. The van der Waals surface area contributed by atoms with Crippen LogP contribution in [0.5, 0.6) is 0 Å². The second kappa shape index (κ2) is 7.25. The summed E-state index contributed by atoms with van der Waals surface area (Å²) in [7, 11) is 0. The summed E-state index contributed by atoms with van der Waals surface area (Å²) in [4.78, 5) is 14.3. The molecule has 1 saturated carbocycles. The lowest BCUT2D eigenvalue weighted by molar-refractivity contribution is -0.123. The molecule has 4 nitrogen and oxygen atoms in total. The molecule has 2 aliphatic rings. The average molecular weight is 267 g/mol. The summed E-state index contributed by atoms with van der Waals surface area (Å²) in [6, 6.07) is 0.748. The third-order valence-electron chi connectivity index (χ3n) is 4.74. The van der Waals surface area contributed by atoms with Crippen molar-refractivity contribution in [2.75, 3.05) is 19.6 Å². The van der Waals surface area contributed by atoms with Crippen molar-refractivity contribution in [2.45, 2.75) is 64.0 Å². The lowest BCUT2D eigenvalue weighted by Gasteiger charge is -2.36. The molecule has 2 fully saturated rings. The van der Waals surface area contributed by atoms with Crippen LogP contribution < -0.4 is 11.1 Å². The predicted octanol–water partition coefficient (Wildman–Crippen LogP) is 1.49. The number of hydrogen-bond acceptors (Lipinski definition) is 3. The molecule has 0 aromatic heterocycles. The van der Waals surface area contributed by atoms with Crippen molar-refractivity contribution in [1.82, 2.24) is 10.2 Å². The number of carbonyl (C=O) groups is 1. The highest BCUT2D eigenvalue weighted by molar-refractivity contribution is 5.78. The van der Waals surface area contributed by atoms with Gasteiger partial charge < -0.3 is 11.1 Å². The monoisotopic (exact) mass is 267 g/mol. The number of piperidine rings is 1. The Morgan fingerprint density at radius 2 is 2.00 bits per heavy atom. The van der Waals surface area contributed by atoms with E-state index in [9.17, 15) is 4.79 Å². The molecule has 2 unspecified atom stereocenters. The van der Waals surface area contributed by atoms with E-state index in [1.54, 1.807) is 0 Å². The van der Waals surface area contributed by atoms with Crippen LogP contribution in [0.1, 0.15) is 51.9 Å². The standard InChI is InChI=1S/C15H29N3O/c1-2-12-10-18(9-8-14(12)16)11-15(19)17-13-6-4-3-5-7-13/h12-14H,2-11,16H2,1H3,(H,17,19). The van der Waals surface area contributed by atoms with Crippen LogP contribution in [0.3, 0.4) is 0 Å². The third kappa shape index (κ3) is 4.46. The minimum absolute atomic E-state index is 0.206. The van der Waals surface area contributed by atoms with Gasteiger partial charge in [0.25, 0.3) is 0 Å². The Hall–Kier alpha value is -0.610. The van der Waals surface area contributed by atoms with Crippen molar-refractivity contribution in [2.24, 2.45) is 11.7 Å². The van der Waals surface area contributed by atoms with Crippen molar-refractivity contribution in [1.29, 1.82) is 0 Å². The van der Waals surface area contributed by atoms with Gasteiger partial charge in [0.1, 0.15) is 0 Å². The van der Waals surface area contributed by atoms with Crippen LogP contribution in [0.25, 0.3) is 0 Å². The van der Waals surface area contributed by atoms with Crippen LogP contribution in [0.4, 0.5) is 0 Å². The van der Waals surface area contributed by atoms with Gasteiger partial charge in [0.2, 0.25) is 5.91 Å². The van der Waals surface area contributed by atoms with Crippen LogP contribution in [0.2, 0.25) is 0 Å². The number of nitrogens with one attached hydrogen (secondary N) is 1. The van der Waals surface area contributed by atoms with Gasteiger partial charge in [-0.2, -0.15) is 0 Å². The largest absolute Gasteiger partial charge is 0.352 e. The number of nitrogens with zero attached hydrogens (tertiary/aromatic N) is 1. The maximum atomic E-state index is 12.1. The Balaban J connectivity index is 1.72. The van der Waals surface area contributed by atoms with Crippen molar-refractivity contribution in [3.63, 3.8) is 0 Å². The van der Waals surface area contributed by atoms with E-state index in [-0.39, 0.29) is 5.91 Å². The summed E-state index contributed by atoms with van der Waals surface area (Å²) in [6.45, 7) is 4.70. The van der Waals surface area contributed by atoms with E-state index >= 15 is 0 Å². The maximum absolute atomic E-state index is 12.1. The lowest BCUT2D eigenvalue weighted by atomic mass is 9.91. The second-order valence-corrected chi connectivity index (χ2v) is 6.26. The zero-order valence-electron chi connectivity index (χ0n) is 12.2. The highest BCUT2D eigenvalue weighted by Gasteiger charge is 2.26. The number of hydrogen-bond donors (Lipinski definition) is 2. The van der Waals surface area contributed by atoms with E-state index in [1.165, 1.54) is 19.3 Å². The van der Waals surface area contributed by atoms with E-state index < -0.39 is 0 Å². The van der Waals surface area contributed by atoms with Gasteiger partial charge in [-0.1, -0.05) is 32.6 Å². The van der Waals surface area contributed by atoms with Crippen LogP contribution in [-0.2, 0) is 4.79 Å². The smallest absolute Gasteiger partial charge is 0.234 e. The van der Waals surface area contributed by atoms with Crippen molar-refractivity contribution >= 4 is 5.91 Å². The van der Waals surface area contributed by atoms with Crippen LogP contribution >= 0.6 is 0 Å². The SMILES string of the molecule is CCC1CN(CC(=O)NC2CCCCC2)CCC1N. The molecule has 1 amide bonds. The first kappa shape index (κ1) is 14.8. The Morgan fingerprint density at radius 1 is 1.26 bits per heavy atom. The number of nitrogens with two attached hydrogens (primary N) is 1. The molecule has 2 atom stereocenters. The molecule has 4 heteroatoms.